The summed E-state index contributed by atoms with van der Waals surface area (Å²) in [5.41, 5.74) is 0.466. The molecule has 0 spiro atoms. The van der Waals surface area contributed by atoms with Gasteiger partial charge in [-0.25, -0.2) is 4.39 Å². The van der Waals surface area contributed by atoms with Crippen molar-refractivity contribution in [1.29, 1.82) is 0 Å². The van der Waals surface area contributed by atoms with Gasteiger partial charge in [-0.15, -0.1) is 0 Å². The van der Waals surface area contributed by atoms with Gasteiger partial charge in [-0.05, 0) is 30.9 Å². The van der Waals surface area contributed by atoms with Crippen LogP contribution in [0.5, 0.6) is 0 Å². The number of carboxylic acids is 1. The van der Waals surface area contributed by atoms with E-state index < -0.39 is 11.8 Å². The van der Waals surface area contributed by atoms with Crippen molar-refractivity contribution in [3.8, 4) is 0 Å². The van der Waals surface area contributed by atoms with Crippen LogP contribution in [0.1, 0.15) is 12.8 Å². The van der Waals surface area contributed by atoms with Gasteiger partial charge in [0.1, 0.15) is 5.83 Å². The number of carbonyl (C=O) groups is 1. The van der Waals surface area contributed by atoms with E-state index in [1.54, 1.807) is 0 Å². The number of aliphatic carboxylic acids is 1. The van der Waals surface area contributed by atoms with Crippen LogP contribution < -0.4 is 24.0 Å². The van der Waals surface area contributed by atoms with E-state index in [9.17, 15) is 14.3 Å². The molecule has 0 radical (unpaired) electrons. The quantitative estimate of drug-likeness (QED) is 0.322. The first-order valence-corrected chi connectivity index (χ1v) is 4.50. The van der Waals surface area contributed by atoms with Gasteiger partial charge in [0.15, 0.2) is 0 Å². The van der Waals surface area contributed by atoms with Crippen LogP contribution >= 0.6 is 0 Å². The van der Waals surface area contributed by atoms with Gasteiger partial charge in [0.2, 0.25) is 0 Å². The Morgan fingerprint density at radius 1 is 1.50 bits per heavy atom. The van der Waals surface area contributed by atoms with Crippen LogP contribution in [0.15, 0.2) is 11.4 Å². The van der Waals surface area contributed by atoms with Crippen molar-refractivity contribution >= 4 is 5.97 Å². The van der Waals surface area contributed by atoms with Crippen LogP contribution in [0, 0.1) is 5.92 Å². The van der Waals surface area contributed by atoms with Crippen LogP contribution in [-0.4, -0.2) is 30.5 Å². The van der Waals surface area contributed by atoms with E-state index in [0.29, 0.717) is 12.0 Å². The second-order valence-electron chi connectivity index (χ2n) is 3.66. The Bertz CT molecular complexity index is 280. The maximum absolute atomic E-state index is 13.1. The van der Waals surface area contributed by atoms with Crippen molar-refractivity contribution in [2.75, 3.05) is 19.6 Å². The summed E-state index contributed by atoms with van der Waals surface area (Å²) in [6, 6.07) is 0. The Balaban J connectivity index is 0.000000980. The molecule has 0 aliphatic carbocycles. The summed E-state index contributed by atoms with van der Waals surface area (Å²) in [6.45, 7) is 2.57. The van der Waals surface area contributed by atoms with Gasteiger partial charge < -0.3 is 14.8 Å². The fourth-order valence-electron chi connectivity index (χ4n) is 2.22. The summed E-state index contributed by atoms with van der Waals surface area (Å²) >= 11 is 0. The van der Waals surface area contributed by atoms with E-state index in [4.69, 9.17) is 0 Å². The SMILES string of the molecule is O=C([O-])/C(F)=C1\CCN2CCC1C2.[Li+]. The van der Waals surface area contributed by atoms with Gasteiger partial charge in [0, 0.05) is 13.1 Å². The molecule has 2 fully saturated rings. The molecule has 2 bridgehead atoms. The molecule has 3 nitrogen and oxygen atoms in total. The van der Waals surface area contributed by atoms with Crippen molar-refractivity contribution in [2.45, 2.75) is 12.8 Å². The van der Waals surface area contributed by atoms with Crippen molar-refractivity contribution < 1.29 is 33.2 Å². The maximum Gasteiger partial charge on any atom is 1.00 e. The van der Waals surface area contributed by atoms with Crippen LogP contribution in [0.2, 0.25) is 0 Å². The minimum atomic E-state index is -1.66. The molecule has 0 N–H and O–H groups in total. The average Bonchev–Trinajstić information content (AvgIpc) is 2.47. The van der Waals surface area contributed by atoms with Crippen molar-refractivity contribution in [2.24, 2.45) is 5.92 Å². The smallest absolute Gasteiger partial charge is 0.542 e. The third-order valence-electron chi connectivity index (χ3n) is 2.92. The first-order chi connectivity index (χ1) is 6.18. The maximum atomic E-state index is 13.1. The third-order valence-corrected chi connectivity index (χ3v) is 2.92. The molecule has 2 heterocycles. The van der Waals surface area contributed by atoms with Gasteiger partial charge in [0.05, 0.1) is 5.97 Å². The molecule has 5 heteroatoms. The zero-order chi connectivity index (χ0) is 9.42. The molecule has 2 atom stereocenters. The van der Waals surface area contributed by atoms with Gasteiger partial charge in [-0.3, -0.25) is 0 Å². The molecular formula is C9H11FLiNO2. The van der Waals surface area contributed by atoms with E-state index in [1.165, 1.54) is 0 Å². The predicted molar refractivity (Wildman–Crippen MR) is 42.3 cm³/mol. The first-order valence-electron chi connectivity index (χ1n) is 4.50. The van der Waals surface area contributed by atoms with Crippen molar-refractivity contribution in [3.05, 3.63) is 11.4 Å². The zero-order valence-corrected chi connectivity index (χ0v) is 8.25. The molecule has 0 saturated carbocycles. The topological polar surface area (TPSA) is 43.4 Å². The molecule has 2 saturated heterocycles. The Morgan fingerprint density at radius 2 is 2.21 bits per heavy atom. The molecular weight excluding hydrogens is 180 g/mol. The van der Waals surface area contributed by atoms with Crippen LogP contribution in [0.3, 0.4) is 0 Å². The number of carbonyl (C=O) groups excluding carboxylic acids is 1. The summed E-state index contributed by atoms with van der Waals surface area (Å²) in [4.78, 5) is 12.5. The monoisotopic (exact) mass is 191 g/mol. The van der Waals surface area contributed by atoms with E-state index in [-0.39, 0.29) is 24.8 Å². The minimum absolute atomic E-state index is 0. The van der Waals surface area contributed by atoms with Crippen molar-refractivity contribution in [1.82, 2.24) is 4.90 Å². The second-order valence-corrected chi connectivity index (χ2v) is 3.66. The summed E-state index contributed by atoms with van der Waals surface area (Å²) in [5.74, 6) is -2.56. The number of rotatable bonds is 1. The number of hydrogen-bond acceptors (Lipinski definition) is 3. The fraction of sp³-hybridized carbons (Fsp3) is 0.667. The summed E-state index contributed by atoms with van der Waals surface area (Å²) in [7, 11) is 0. The fourth-order valence-corrected chi connectivity index (χ4v) is 2.22. The molecule has 2 rings (SSSR count). The predicted octanol–water partition coefficient (Wildman–Crippen LogP) is -3.31. The number of hydrogen-bond donors (Lipinski definition) is 0. The molecule has 2 unspecified atom stereocenters. The molecule has 0 amide bonds. The Morgan fingerprint density at radius 3 is 2.86 bits per heavy atom. The van der Waals surface area contributed by atoms with Crippen LogP contribution in [0.4, 0.5) is 4.39 Å². The van der Waals surface area contributed by atoms with E-state index in [2.05, 4.69) is 4.90 Å². The first kappa shape index (κ1) is 11.8. The second kappa shape index (κ2) is 4.48. The summed E-state index contributed by atoms with van der Waals surface area (Å²) < 4.78 is 13.1. The Hall–Kier alpha value is -0.303. The number of fused-ring (bicyclic) bond motifs is 2. The van der Waals surface area contributed by atoms with Crippen molar-refractivity contribution in [3.63, 3.8) is 0 Å². The number of carboxylic acid groups (broad SMARTS) is 1. The summed E-state index contributed by atoms with van der Waals surface area (Å²) in [6.07, 6.45) is 1.43. The number of nitrogens with zero attached hydrogens (tertiary/aromatic N) is 1. The minimum Gasteiger partial charge on any atom is -0.542 e. The average molecular weight is 191 g/mol. The van der Waals surface area contributed by atoms with Gasteiger partial charge in [-0.2, -0.15) is 0 Å². The van der Waals surface area contributed by atoms with Crippen LogP contribution in [0.25, 0.3) is 0 Å². The van der Waals surface area contributed by atoms with Gasteiger partial charge in [0.25, 0.3) is 0 Å². The number of halogens is 1. The molecule has 0 aromatic rings. The van der Waals surface area contributed by atoms with E-state index >= 15 is 0 Å². The van der Waals surface area contributed by atoms with Crippen LogP contribution in [-0.2, 0) is 4.79 Å². The van der Waals surface area contributed by atoms with Gasteiger partial charge >= 0.3 is 18.9 Å². The molecule has 0 aromatic carbocycles. The normalized spacial score (nSPS) is 33.5. The third kappa shape index (κ3) is 2.03. The Kier molecular flexibility index (Phi) is 3.76. The molecule has 14 heavy (non-hydrogen) atoms. The molecule has 2 aliphatic rings. The Labute approximate surface area is 94.1 Å². The largest absolute Gasteiger partial charge is 1.00 e. The zero-order valence-electron chi connectivity index (χ0n) is 8.25. The summed E-state index contributed by atoms with van der Waals surface area (Å²) in [5, 5.41) is 10.3. The molecule has 0 aromatic heterocycles. The van der Waals surface area contributed by atoms with Gasteiger partial charge in [-0.1, -0.05) is 0 Å². The van der Waals surface area contributed by atoms with E-state index in [1.807, 2.05) is 0 Å². The number of piperidine rings is 1. The molecule has 72 valence electrons. The van der Waals surface area contributed by atoms with E-state index in [0.717, 1.165) is 26.1 Å². The standard InChI is InChI=1S/C9H12FNO2.Li/c10-8(9(12)13)7-2-4-11-3-1-6(7)5-11;/h6H,1-5H2,(H,12,13);/q;+1/p-1/b8-7-;. The molecule has 2 aliphatic heterocycles.